The van der Waals surface area contributed by atoms with Gasteiger partial charge in [0, 0.05) is 5.57 Å². The monoisotopic (exact) mass is 303 g/mol. The molecule has 1 heterocycles. The summed E-state index contributed by atoms with van der Waals surface area (Å²) >= 11 is 0. The molecule has 1 aromatic carbocycles. The maximum absolute atomic E-state index is 12.3. The van der Waals surface area contributed by atoms with Crippen molar-refractivity contribution in [2.24, 2.45) is 5.92 Å². The second kappa shape index (κ2) is 7.22. The number of esters is 1. The van der Waals surface area contributed by atoms with Gasteiger partial charge in [-0.1, -0.05) is 32.0 Å². The largest absolute Gasteiger partial charge is 0.464 e. The number of hydrogen-bond acceptors (Lipinski definition) is 5. The van der Waals surface area contributed by atoms with Crippen LogP contribution in [0.25, 0.3) is 0 Å². The van der Waals surface area contributed by atoms with E-state index in [4.69, 9.17) is 9.57 Å². The fourth-order valence-electron chi connectivity index (χ4n) is 2.29. The maximum atomic E-state index is 12.3. The Morgan fingerprint density at radius 2 is 2.05 bits per heavy atom. The van der Waals surface area contributed by atoms with Crippen LogP contribution in [0.15, 0.2) is 42.0 Å². The van der Waals surface area contributed by atoms with Gasteiger partial charge in [-0.2, -0.15) is 0 Å². The molecule has 1 aliphatic heterocycles. The normalized spacial score (nSPS) is 21.5. The third-order valence-corrected chi connectivity index (χ3v) is 3.46. The van der Waals surface area contributed by atoms with Gasteiger partial charge in [-0.15, -0.1) is 0 Å². The molecule has 22 heavy (non-hydrogen) atoms. The summed E-state index contributed by atoms with van der Waals surface area (Å²) in [6.07, 6.45) is 2.14. The topological polar surface area (TPSA) is 55.8 Å². The third-order valence-electron chi connectivity index (χ3n) is 3.46. The summed E-state index contributed by atoms with van der Waals surface area (Å²) in [7, 11) is 0. The number of para-hydroxylation sites is 1. The quantitative estimate of drug-likeness (QED) is 0.618. The molecule has 1 aromatic rings. The molecule has 118 valence electrons. The van der Waals surface area contributed by atoms with E-state index >= 15 is 0 Å². The Bertz CT molecular complexity index is 553. The standard InChI is InChI=1S/C17H21NO4/c1-4-21-17(20)16-13(11-19)10-15(12(2)3)22-18(16)14-8-6-5-7-9-14/h5-12,15-16H,4H2,1-3H3/t15-,16-/m0/s1. The van der Waals surface area contributed by atoms with E-state index in [9.17, 15) is 9.59 Å². The molecule has 0 unspecified atom stereocenters. The number of hydrogen-bond donors (Lipinski definition) is 0. The van der Waals surface area contributed by atoms with Gasteiger partial charge in [0.1, 0.15) is 12.4 Å². The Kier molecular flexibility index (Phi) is 5.33. The molecule has 0 N–H and O–H groups in total. The molecule has 0 aliphatic carbocycles. The molecule has 0 radical (unpaired) electrons. The fourth-order valence-corrected chi connectivity index (χ4v) is 2.29. The number of aldehydes is 1. The van der Waals surface area contributed by atoms with Crippen molar-refractivity contribution in [2.75, 3.05) is 11.7 Å². The molecule has 0 saturated heterocycles. The van der Waals surface area contributed by atoms with Gasteiger partial charge in [0.05, 0.1) is 12.3 Å². The lowest BCUT2D eigenvalue weighted by molar-refractivity contribution is -0.147. The lowest BCUT2D eigenvalue weighted by Crippen LogP contribution is -2.50. The van der Waals surface area contributed by atoms with Crippen molar-refractivity contribution < 1.29 is 19.2 Å². The lowest BCUT2D eigenvalue weighted by Gasteiger charge is -2.38. The average Bonchev–Trinajstić information content (AvgIpc) is 2.54. The molecular formula is C17H21NO4. The summed E-state index contributed by atoms with van der Waals surface area (Å²) in [6.45, 7) is 5.97. The second-order valence-corrected chi connectivity index (χ2v) is 5.41. The number of hydroxylamine groups is 1. The van der Waals surface area contributed by atoms with E-state index in [2.05, 4.69) is 0 Å². The summed E-state index contributed by atoms with van der Waals surface area (Å²) in [6, 6.07) is 8.36. The molecule has 0 spiro atoms. The Balaban J connectivity index is 2.44. The van der Waals surface area contributed by atoms with Crippen molar-refractivity contribution in [3.8, 4) is 0 Å². The number of carbonyl (C=O) groups excluding carboxylic acids is 2. The highest BCUT2D eigenvalue weighted by Crippen LogP contribution is 2.29. The van der Waals surface area contributed by atoms with Crippen molar-refractivity contribution in [3.05, 3.63) is 42.0 Å². The van der Waals surface area contributed by atoms with Crippen LogP contribution in [-0.2, 0) is 19.2 Å². The average molecular weight is 303 g/mol. The lowest BCUT2D eigenvalue weighted by atomic mass is 9.98. The van der Waals surface area contributed by atoms with Crippen LogP contribution in [0.4, 0.5) is 5.69 Å². The van der Waals surface area contributed by atoms with Gasteiger partial charge in [-0.05, 0) is 31.1 Å². The van der Waals surface area contributed by atoms with Gasteiger partial charge in [0.2, 0.25) is 0 Å². The Hall–Kier alpha value is -2.14. The molecule has 2 atom stereocenters. The number of ether oxygens (including phenoxy) is 1. The molecule has 5 heteroatoms. The number of nitrogens with zero attached hydrogens (tertiary/aromatic N) is 1. The molecular weight excluding hydrogens is 282 g/mol. The summed E-state index contributed by atoms with van der Waals surface area (Å²) in [5, 5.41) is 1.48. The van der Waals surface area contributed by atoms with Gasteiger partial charge < -0.3 is 4.74 Å². The highest BCUT2D eigenvalue weighted by molar-refractivity contribution is 5.93. The van der Waals surface area contributed by atoms with Gasteiger partial charge in [-0.25, -0.2) is 9.86 Å². The summed E-state index contributed by atoms with van der Waals surface area (Å²) in [5.41, 5.74) is 1.07. The first-order valence-corrected chi connectivity index (χ1v) is 7.43. The van der Waals surface area contributed by atoms with Crippen LogP contribution in [-0.4, -0.2) is 31.0 Å². The third kappa shape index (κ3) is 3.36. The molecule has 0 bridgehead atoms. The maximum Gasteiger partial charge on any atom is 0.336 e. The predicted octanol–water partition coefficient (Wildman–Crippen LogP) is 2.52. The molecule has 1 aliphatic rings. The first-order chi connectivity index (χ1) is 10.6. The minimum absolute atomic E-state index is 0.171. The Labute approximate surface area is 130 Å². The first-order valence-electron chi connectivity index (χ1n) is 7.43. The zero-order valence-corrected chi connectivity index (χ0v) is 13.1. The molecule has 5 nitrogen and oxygen atoms in total. The minimum Gasteiger partial charge on any atom is -0.464 e. The number of benzene rings is 1. The zero-order chi connectivity index (χ0) is 16.1. The van der Waals surface area contributed by atoms with Gasteiger partial charge in [-0.3, -0.25) is 9.63 Å². The van der Waals surface area contributed by atoms with Crippen LogP contribution < -0.4 is 5.06 Å². The number of anilines is 1. The van der Waals surface area contributed by atoms with E-state index < -0.39 is 12.0 Å². The fraction of sp³-hybridized carbons (Fsp3) is 0.412. The Morgan fingerprint density at radius 1 is 1.36 bits per heavy atom. The summed E-state index contributed by atoms with van der Waals surface area (Å²) in [4.78, 5) is 29.7. The predicted molar refractivity (Wildman–Crippen MR) is 83.2 cm³/mol. The molecule has 0 saturated carbocycles. The molecule has 0 fully saturated rings. The van der Waals surface area contributed by atoms with Crippen LogP contribution in [0.2, 0.25) is 0 Å². The van der Waals surface area contributed by atoms with Crippen LogP contribution in [0.5, 0.6) is 0 Å². The van der Waals surface area contributed by atoms with Gasteiger partial charge in [0.15, 0.2) is 6.04 Å². The summed E-state index contributed by atoms with van der Waals surface area (Å²) in [5.74, 6) is -0.323. The Morgan fingerprint density at radius 3 is 2.59 bits per heavy atom. The van der Waals surface area contributed by atoms with Crippen molar-refractivity contribution in [3.63, 3.8) is 0 Å². The highest BCUT2D eigenvalue weighted by atomic mass is 16.7. The van der Waals surface area contributed by atoms with Crippen molar-refractivity contribution in [1.82, 2.24) is 0 Å². The molecule has 0 amide bonds. The number of carbonyl (C=O) groups is 2. The van der Waals surface area contributed by atoms with Gasteiger partial charge >= 0.3 is 5.97 Å². The van der Waals surface area contributed by atoms with E-state index in [0.29, 0.717) is 17.5 Å². The van der Waals surface area contributed by atoms with Crippen LogP contribution in [0.3, 0.4) is 0 Å². The summed E-state index contributed by atoms with van der Waals surface area (Å²) < 4.78 is 5.10. The molecule has 0 aromatic heterocycles. The smallest absolute Gasteiger partial charge is 0.336 e. The number of rotatable bonds is 5. The van der Waals surface area contributed by atoms with E-state index in [-0.39, 0.29) is 18.6 Å². The van der Waals surface area contributed by atoms with Crippen molar-refractivity contribution >= 4 is 17.9 Å². The van der Waals surface area contributed by atoms with Crippen LogP contribution in [0.1, 0.15) is 20.8 Å². The minimum atomic E-state index is -0.880. The van der Waals surface area contributed by atoms with Crippen LogP contribution >= 0.6 is 0 Å². The van der Waals surface area contributed by atoms with Crippen molar-refractivity contribution in [1.29, 1.82) is 0 Å². The van der Waals surface area contributed by atoms with E-state index in [0.717, 1.165) is 0 Å². The van der Waals surface area contributed by atoms with Crippen molar-refractivity contribution in [2.45, 2.75) is 32.9 Å². The second-order valence-electron chi connectivity index (χ2n) is 5.41. The zero-order valence-electron chi connectivity index (χ0n) is 13.1. The van der Waals surface area contributed by atoms with Gasteiger partial charge in [0.25, 0.3) is 0 Å². The van der Waals surface area contributed by atoms with E-state index in [1.807, 2.05) is 44.2 Å². The molecule has 2 rings (SSSR count). The van der Waals surface area contributed by atoms with E-state index in [1.165, 1.54) is 5.06 Å². The first kappa shape index (κ1) is 16.2. The SMILES string of the molecule is CCOC(=O)[C@@H]1C(C=O)=C[C@@H](C(C)C)ON1c1ccccc1. The highest BCUT2D eigenvalue weighted by Gasteiger charge is 2.38. The van der Waals surface area contributed by atoms with E-state index in [1.54, 1.807) is 13.0 Å². The van der Waals surface area contributed by atoms with Crippen LogP contribution in [0, 0.1) is 5.92 Å².